The summed E-state index contributed by atoms with van der Waals surface area (Å²) in [6.07, 6.45) is 2.32. The maximum Gasteiger partial charge on any atom is 0.123 e. The number of hydrogen-bond acceptors (Lipinski definition) is 2. The standard InChI is InChI=1S/C20H23F2NO/c1-15(14-23-10-2-3-11-23)20(24,16-6-4-8-18(21)12-16)17-7-5-9-19(22)13-17/h4-9,12-13,15,24H,2-3,10-11,14H2,1H3. The van der Waals surface area contributed by atoms with Gasteiger partial charge in [-0.05, 0) is 61.3 Å². The number of aliphatic hydroxyl groups is 1. The van der Waals surface area contributed by atoms with Crippen LogP contribution in [-0.4, -0.2) is 29.6 Å². The number of hydrogen-bond donors (Lipinski definition) is 1. The van der Waals surface area contributed by atoms with Gasteiger partial charge in [-0.1, -0.05) is 31.2 Å². The molecule has 24 heavy (non-hydrogen) atoms. The zero-order chi connectivity index (χ0) is 17.2. The van der Waals surface area contributed by atoms with Crippen LogP contribution in [0.2, 0.25) is 0 Å². The van der Waals surface area contributed by atoms with E-state index in [1.165, 1.54) is 24.3 Å². The second-order valence-electron chi connectivity index (χ2n) is 6.70. The van der Waals surface area contributed by atoms with E-state index in [1.807, 2.05) is 6.92 Å². The fourth-order valence-corrected chi connectivity index (χ4v) is 3.67. The Morgan fingerprint density at radius 2 is 1.50 bits per heavy atom. The van der Waals surface area contributed by atoms with Crippen LogP contribution in [0.25, 0.3) is 0 Å². The molecule has 1 unspecified atom stereocenters. The number of nitrogens with zero attached hydrogens (tertiary/aromatic N) is 1. The Balaban J connectivity index is 2.02. The Bertz CT molecular complexity index is 652. The van der Waals surface area contributed by atoms with Gasteiger partial charge < -0.3 is 10.0 Å². The molecule has 1 N–H and O–H groups in total. The SMILES string of the molecule is CC(CN1CCCC1)C(O)(c1cccc(F)c1)c1cccc(F)c1. The fraction of sp³-hybridized carbons (Fsp3) is 0.400. The molecule has 128 valence electrons. The molecule has 1 atom stereocenters. The van der Waals surface area contributed by atoms with Crippen molar-refractivity contribution < 1.29 is 13.9 Å². The monoisotopic (exact) mass is 331 g/mol. The first-order valence-corrected chi connectivity index (χ1v) is 8.47. The average Bonchev–Trinajstić information content (AvgIpc) is 3.07. The highest BCUT2D eigenvalue weighted by Crippen LogP contribution is 2.38. The quantitative estimate of drug-likeness (QED) is 0.897. The predicted molar refractivity (Wildman–Crippen MR) is 90.6 cm³/mol. The van der Waals surface area contributed by atoms with Crippen LogP contribution in [0.3, 0.4) is 0 Å². The van der Waals surface area contributed by atoms with E-state index >= 15 is 0 Å². The third-order valence-corrected chi connectivity index (χ3v) is 4.97. The van der Waals surface area contributed by atoms with Crippen molar-refractivity contribution in [1.29, 1.82) is 0 Å². The van der Waals surface area contributed by atoms with E-state index < -0.39 is 17.2 Å². The van der Waals surface area contributed by atoms with Gasteiger partial charge in [-0.3, -0.25) is 0 Å². The van der Waals surface area contributed by atoms with Gasteiger partial charge in [-0.2, -0.15) is 0 Å². The van der Waals surface area contributed by atoms with Gasteiger partial charge in [0.15, 0.2) is 0 Å². The van der Waals surface area contributed by atoms with Gasteiger partial charge >= 0.3 is 0 Å². The maximum absolute atomic E-state index is 13.8. The van der Waals surface area contributed by atoms with Crippen molar-refractivity contribution in [2.75, 3.05) is 19.6 Å². The molecule has 1 heterocycles. The van der Waals surface area contributed by atoms with Crippen LogP contribution in [0.1, 0.15) is 30.9 Å². The lowest BCUT2D eigenvalue weighted by Crippen LogP contribution is -2.41. The minimum Gasteiger partial charge on any atom is -0.380 e. The zero-order valence-corrected chi connectivity index (χ0v) is 13.9. The zero-order valence-electron chi connectivity index (χ0n) is 13.9. The van der Waals surface area contributed by atoms with Crippen LogP contribution in [0.4, 0.5) is 8.78 Å². The molecule has 1 aliphatic rings. The highest BCUT2D eigenvalue weighted by molar-refractivity contribution is 5.37. The molecule has 0 bridgehead atoms. The van der Waals surface area contributed by atoms with Crippen LogP contribution in [-0.2, 0) is 5.60 Å². The van der Waals surface area contributed by atoms with E-state index in [-0.39, 0.29) is 5.92 Å². The third-order valence-electron chi connectivity index (χ3n) is 4.97. The fourth-order valence-electron chi connectivity index (χ4n) is 3.67. The number of rotatable bonds is 5. The molecule has 3 rings (SSSR count). The Morgan fingerprint density at radius 1 is 1.00 bits per heavy atom. The highest BCUT2D eigenvalue weighted by atomic mass is 19.1. The summed E-state index contributed by atoms with van der Waals surface area (Å²) in [5.41, 5.74) is -0.521. The topological polar surface area (TPSA) is 23.5 Å². The van der Waals surface area contributed by atoms with Gasteiger partial charge in [-0.25, -0.2) is 8.78 Å². The molecule has 2 aromatic carbocycles. The van der Waals surface area contributed by atoms with Crippen LogP contribution in [0.15, 0.2) is 48.5 Å². The Hall–Kier alpha value is -1.78. The first kappa shape index (κ1) is 17.1. The Morgan fingerprint density at radius 3 is 1.96 bits per heavy atom. The van der Waals surface area contributed by atoms with Crippen molar-refractivity contribution in [3.63, 3.8) is 0 Å². The van der Waals surface area contributed by atoms with Crippen molar-refractivity contribution in [1.82, 2.24) is 4.90 Å². The second-order valence-corrected chi connectivity index (χ2v) is 6.70. The molecule has 2 nitrogen and oxygen atoms in total. The molecule has 0 saturated carbocycles. The van der Waals surface area contributed by atoms with Crippen LogP contribution in [0.5, 0.6) is 0 Å². The molecular weight excluding hydrogens is 308 g/mol. The van der Waals surface area contributed by atoms with Crippen molar-refractivity contribution in [2.45, 2.75) is 25.4 Å². The summed E-state index contributed by atoms with van der Waals surface area (Å²) in [5, 5.41) is 11.6. The van der Waals surface area contributed by atoms with Crippen LogP contribution >= 0.6 is 0 Å². The van der Waals surface area contributed by atoms with Gasteiger partial charge in [0.1, 0.15) is 17.2 Å². The summed E-state index contributed by atoms with van der Waals surface area (Å²) >= 11 is 0. The lowest BCUT2D eigenvalue weighted by molar-refractivity contribution is 0.00991. The Labute approximate surface area is 141 Å². The van der Waals surface area contributed by atoms with E-state index in [0.717, 1.165) is 25.9 Å². The van der Waals surface area contributed by atoms with Gasteiger partial charge in [0.2, 0.25) is 0 Å². The first-order chi connectivity index (χ1) is 11.5. The molecular formula is C20H23F2NO. The number of halogens is 2. The molecule has 2 aromatic rings. The largest absolute Gasteiger partial charge is 0.380 e. The smallest absolute Gasteiger partial charge is 0.123 e. The van der Waals surface area contributed by atoms with Crippen molar-refractivity contribution in [2.24, 2.45) is 5.92 Å². The normalized spacial score (nSPS) is 17.2. The molecule has 4 heteroatoms. The van der Waals surface area contributed by atoms with Gasteiger partial charge in [0.25, 0.3) is 0 Å². The molecule has 1 saturated heterocycles. The summed E-state index contributed by atoms with van der Waals surface area (Å²) in [5.74, 6) is -1.02. The third kappa shape index (κ3) is 3.35. The molecule has 0 spiro atoms. The summed E-state index contributed by atoms with van der Waals surface area (Å²) in [4.78, 5) is 2.30. The minimum absolute atomic E-state index is 0.209. The summed E-state index contributed by atoms with van der Waals surface area (Å²) in [7, 11) is 0. The summed E-state index contributed by atoms with van der Waals surface area (Å²) < 4.78 is 27.5. The van der Waals surface area contributed by atoms with E-state index in [1.54, 1.807) is 24.3 Å². The van der Waals surface area contributed by atoms with Crippen LogP contribution < -0.4 is 0 Å². The van der Waals surface area contributed by atoms with E-state index in [9.17, 15) is 13.9 Å². The molecule has 0 aromatic heterocycles. The highest BCUT2D eigenvalue weighted by Gasteiger charge is 2.39. The van der Waals surface area contributed by atoms with Crippen molar-refractivity contribution in [3.8, 4) is 0 Å². The van der Waals surface area contributed by atoms with Gasteiger partial charge in [-0.15, -0.1) is 0 Å². The lowest BCUT2D eigenvalue weighted by atomic mass is 9.76. The number of benzene rings is 2. The molecule has 1 fully saturated rings. The van der Waals surface area contributed by atoms with Crippen molar-refractivity contribution >= 4 is 0 Å². The molecule has 0 radical (unpaired) electrons. The van der Waals surface area contributed by atoms with Gasteiger partial charge in [0, 0.05) is 12.5 Å². The Kier molecular flexibility index (Phi) is 4.97. The average molecular weight is 331 g/mol. The predicted octanol–water partition coefficient (Wildman–Crippen LogP) is 3.93. The second kappa shape index (κ2) is 6.99. The van der Waals surface area contributed by atoms with Crippen molar-refractivity contribution in [3.05, 3.63) is 71.3 Å². The summed E-state index contributed by atoms with van der Waals surface area (Å²) in [6.45, 7) is 4.64. The molecule has 0 aliphatic carbocycles. The van der Waals surface area contributed by atoms with Crippen LogP contribution in [0, 0.1) is 17.6 Å². The number of likely N-dealkylation sites (tertiary alicyclic amines) is 1. The van der Waals surface area contributed by atoms with E-state index in [0.29, 0.717) is 17.7 Å². The maximum atomic E-state index is 13.8. The summed E-state index contributed by atoms with van der Waals surface area (Å²) in [6, 6.07) is 11.9. The van der Waals surface area contributed by atoms with E-state index in [4.69, 9.17) is 0 Å². The van der Waals surface area contributed by atoms with Gasteiger partial charge in [0.05, 0.1) is 0 Å². The van der Waals surface area contributed by atoms with E-state index in [2.05, 4.69) is 4.90 Å². The minimum atomic E-state index is -1.44. The molecule has 1 aliphatic heterocycles. The molecule has 0 amide bonds. The first-order valence-electron chi connectivity index (χ1n) is 8.47. The lowest BCUT2D eigenvalue weighted by Gasteiger charge is -2.37.